The number of aliphatic carboxylic acids is 1. The first-order valence-corrected chi connectivity index (χ1v) is 12.1. The van der Waals surface area contributed by atoms with Gasteiger partial charge in [0.25, 0.3) is 5.91 Å². The summed E-state index contributed by atoms with van der Waals surface area (Å²) in [6.45, 7) is 1.20. The number of nitrogens with zero attached hydrogens (tertiary/aromatic N) is 4. The van der Waals surface area contributed by atoms with Crippen LogP contribution in [0.1, 0.15) is 60.3 Å². The molecule has 0 saturated carbocycles. The van der Waals surface area contributed by atoms with Crippen molar-refractivity contribution < 1.29 is 28.3 Å². The van der Waals surface area contributed by atoms with Crippen molar-refractivity contribution in [3.63, 3.8) is 0 Å². The first-order valence-electron chi connectivity index (χ1n) is 12.1. The van der Waals surface area contributed by atoms with Crippen molar-refractivity contribution in [1.29, 1.82) is 0 Å². The van der Waals surface area contributed by atoms with E-state index in [0.29, 0.717) is 43.7 Å². The summed E-state index contributed by atoms with van der Waals surface area (Å²) in [5.74, 6) is -2.82. The van der Waals surface area contributed by atoms with E-state index in [-0.39, 0.29) is 36.7 Å². The molecule has 2 fully saturated rings. The minimum atomic E-state index is -0.793. The molecular weight excluding hydrogens is 458 g/mol. The number of carboxylic acid groups (broad SMARTS) is 1. The number of carboxylic acids is 1. The molecule has 2 amide bonds. The number of carbonyl (C=O) groups is 3. The first kappa shape index (κ1) is 23.4. The summed E-state index contributed by atoms with van der Waals surface area (Å²) in [6, 6.07) is 4.82. The van der Waals surface area contributed by atoms with Crippen molar-refractivity contribution in [3.05, 3.63) is 52.9 Å². The normalized spacial score (nSPS) is 23.7. The van der Waals surface area contributed by atoms with E-state index in [1.54, 1.807) is 15.6 Å². The molecule has 2 bridgehead atoms. The van der Waals surface area contributed by atoms with E-state index in [1.807, 2.05) is 4.90 Å². The highest BCUT2D eigenvalue weighted by Crippen LogP contribution is 2.38. The highest BCUT2D eigenvalue weighted by Gasteiger charge is 2.44. The van der Waals surface area contributed by atoms with Crippen LogP contribution in [-0.4, -0.2) is 61.1 Å². The van der Waals surface area contributed by atoms with Gasteiger partial charge in [0.1, 0.15) is 11.6 Å². The molecule has 3 aliphatic heterocycles. The van der Waals surface area contributed by atoms with Gasteiger partial charge < -0.3 is 14.9 Å². The van der Waals surface area contributed by atoms with Gasteiger partial charge in [0, 0.05) is 31.1 Å². The second-order valence-corrected chi connectivity index (χ2v) is 9.79. The van der Waals surface area contributed by atoms with E-state index >= 15 is 0 Å². The quantitative estimate of drug-likeness (QED) is 0.701. The average molecular weight is 487 g/mol. The maximum absolute atomic E-state index is 13.4. The third-order valence-electron chi connectivity index (χ3n) is 7.48. The average Bonchev–Trinajstić information content (AvgIpc) is 3.24. The fourth-order valence-electron chi connectivity index (χ4n) is 5.80. The van der Waals surface area contributed by atoms with Crippen molar-refractivity contribution in [1.82, 2.24) is 19.6 Å². The van der Waals surface area contributed by atoms with Crippen molar-refractivity contribution in [2.45, 2.75) is 70.1 Å². The Morgan fingerprint density at radius 1 is 1.00 bits per heavy atom. The molecule has 0 spiro atoms. The van der Waals surface area contributed by atoms with Crippen LogP contribution in [0.4, 0.5) is 8.78 Å². The van der Waals surface area contributed by atoms with Gasteiger partial charge >= 0.3 is 5.97 Å². The molecule has 2 aromatic rings. The van der Waals surface area contributed by atoms with E-state index in [0.717, 1.165) is 31.0 Å². The van der Waals surface area contributed by atoms with Crippen LogP contribution in [-0.2, 0) is 29.1 Å². The summed E-state index contributed by atoms with van der Waals surface area (Å²) in [7, 11) is 0. The number of amides is 2. The standard InChI is InChI=1S/C25H28F2N4O4/c26-17-8-15(9-18(27)12-17)4-5-23(32)29-6-7-30-21(14-29)13-22(28-30)24(33)31-19-2-1-3-20(31)11-16(10-19)25(34)35/h8-9,12-13,16,19-20H,1-7,10-11,14H2,(H,34,35). The Morgan fingerprint density at radius 3 is 2.34 bits per heavy atom. The Hall–Kier alpha value is -3.30. The zero-order valence-corrected chi connectivity index (χ0v) is 19.3. The minimum Gasteiger partial charge on any atom is -0.481 e. The lowest BCUT2D eigenvalue weighted by molar-refractivity contribution is -0.145. The van der Waals surface area contributed by atoms with Crippen LogP contribution in [0.25, 0.3) is 0 Å². The Balaban J connectivity index is 1.24. The third-order valence-corrected chi connectivity index (χ3v) is 7.48. The van der Waals surface area contributed by atoms with Crippen LogP contribution in [0.3, 0.4) is 0 Å². The van der Waals surface area contributed by atoms with Gasteiger partial charge in [0.15, 0.2) is 5.69 Å². The predicted molar refractivity (Wildman–Crippen MR) is 120 cm³/mol. The van der Waals surface area contributed by atoms with Crippen molar-refractivity contribution in [2.24, 2.45) is 5.92 Å². The van der Waals surface area contributed by atoms with Gasteiger partial charge in [0.2, 0.25) is 5.91 Å². The Kier molecular flexibility index (Phi) is 6.29. The topological polar surface area (TPSA) is 95.7 Å². The molecule has 1 aromatic heterocycles. The van der Waals surface area contributed by atoms with Gasteiger partial charge in [-0.1, -0.05) is 0 Å². The predicted octanol–water partition coefficient (Wildman–Crippen LogP) is 2.99. The number of aryl methyl sites for hydroxylation is 1. The second kappa shape index (κ2) is 9.39. The largest absolute Gasteiger partial charge is 0.481 e. The summed E-state index contributed by atoms with van der Waals surface area (Å²) >= 11 is 0. The molecule has 3 aliphatic rings. The summed E-state index contributed by atoms with van der Waals surface area (Å²) in [4.78, 5) is 41.2. The fraction of sp³-hybridized carbons (Fsp3) is 0.520. The van der Waals surface area contributed by atoms with E-state index in [1.165, 1.54) is 12.1 Å². The fourth-order valence-corrected chi connectivity index (χ4v) is 5.80. The van der Waals surface area contributed by atoms with Crippen LogP contribution < -0.4 is 0 Å². The number of fused-ring (bicyclic) bond motifs is 3. The number of benzene rings is 1. The zero-order chi connectivity index (χ0) is 24.7. The minimum absolute atomic E-state index is 0.0828. The second-order valence-electron chi connectivity index (χ2n) is 9.79. The molecule has 2 unspecified atom stereocenters. The summed E-state index contributed by atoms with van der Waals surface area (Å²) in [5.41, 5.74) is 1.52. The lowest BCUT2D eigenvalue weighted by Gasteiger charge is -2.47. The highest BCUT2D eigenvalue weighted by molar-refractivity contribution is 5.93. The van der Waals surface area contributed by atoms with Crippen LogP contribution in [0.15, 0.2) is 24.3 Å². The number of aromatic nitrogens is 2. The van der Waals surface area contributed by atoms with Gasteiger partial charge in [-0.25, -0.2) is 8.78 Å². The molecule has 35 heavy (non-hydrogen) atoms. The Labute approximate surface area is 201 Å². The monoisotopic (exact) mass is 486 g/mol. The number of carbonyl (C=O) groups excluding carboxylic acids is 2. The van der Waals surface area contributed by atoms with Crippen LogP contribution >= 0.6 is 0 Å². The molecule has 0 radical (unpaired) electrons. The molecule has 1 N–H and O–H groups in total. The van der Waals surface area contributed by atoms with Crippen molar-refractivity contribution in [2.75, 3.05) is 6.54 Å². The van der Waals surface area contributed by atoms with Gasteiger partial charge in [-0.2, -0.15) is 5.10 Å². The van der Waals surface area contributed by atoms with Gasteiger partial charge in [0.05, 0.1) is 24.7 Å². The Morgan fingerprint density at radius 2 is 1.69 bits per heavy atom. The SMILES string of the molecule is O=C(O)C1CC2CCCC(C1)N2C(=O)c1cc2n(n1)CCN(C(=O)CCc1cc(F)cc(F)c1)C2. The molecule has 2 saturated heterocycles. The smallest absolute Gasteiger partial charge is 0.306 e. The molecule has 4 heterocycles. The van der Waals surface area contributed by atoms with Gasteiger partial charge in [-0.3, -0.25) is 19.1 Å². The zero-order valence-electron chi connectivity index (χ0n) is 19.3. The van der Waals surface area contributed by atoms with E-state index in [4.69, 9.17) is 0 Å². The summed E-state index contributed by atoms with van der Waals surface area (Å²) in [6.07, 6.45) is 3.91. The molecule has 2 atom stereocenters. The maximum atomic E-state index is 13.4. The highest BCUT2D eigenvalue weighted by atomic mass is 19.1. The van der Waals surface area contributed by atoms with Crippen LogP contribution in [0.5, 0.6) is 0 Å². The number of piperidine rings is 2. The van der Waals surface area contributed by atoms with E-state index in [9.17, 15) is 28.3 Å². The molecular formula is C25H28F2N4O4. The molecule has 10 heteroatoms. The van der Waals surface area contributed by atoms with Gasteiger partial charge in [-0.15, -0.1) is 0 Å². The number of hydrogen-bond donors (Lipinski definition) is 1. The summed E-state index contributed by atoms with van der Waals surface area (Å²) in [5, 5.41) is 14.0. The number of rotatable bonds is 5. The number of halogens is 2. The number of hydrogen-bond acceptors (Lipinski definition) is 4. The van der Waals surface area contributed by atoms with E-state index < -0.39 is 23.5 Å². The molecule has 8 nitrogen and oxygen atoms in total. The molecule has 5 rings (SSSR count). The maximum Gasteiger partial charge on any atom is 0.306 e. The van der Waals surface area contributed by atoms with Gasteiger partial charge in [-0.05, 0) is 62.3 Å². The Bertz CT molecular complexity index is 1130. The molecule has 186 valence electrons. The van der Waals surface area contributed by atoms with Crippen molar-refractivity contribution >= 4 is 17.8 Å². The lowest BCUT2D eigenvalue weighted by atomic mass is 9.78. The summed E-state index contributed by atoms with van der Waals surface area (Å²) < 4.78 is 28.6. The first-order chi connectivity index (χ1) is 16.8. The van der Waals surface area contributed by atoms with Crippen LogP contribution in [0, 0.1) is 17.6 Å². The van der Waals surface area contributed by atoms with Crippen molar-refractivity contribution in [3.8, 4) is 0 Å². The third kappa shape index (κ3) is 4.78. The van der Waals surface area contributed by atoms with E-state index in [2.05, 4.69) is 5.10 Å². The molecule has 1 aromatic carbocycles. The van der Waals surface area contributed by atoms with Crippen LogP contribution in [0.2, 0.25) is 0 Å². The molecule has 0 aliphatic carbocycles. The lowest BCUT2D eigenvalue weighted by Crippen LogP contribution is -2.55.